The molecular formula is C26H35N5O2. The third-order valence-electron chi connectivity index (χ3n) is 6.67. The first-order valence-electron chi connectivity index (χ1n) is 11.6. The summed E-state index contributed by atoms with van der Waals surface area (Å²) >= 11 is 0. The van der Waals surface area contributed by atoms with E-state index in [1.54, 1.807) is 6.20 Å². The van der Waals surface area contributed by atoms with Gasteiger partial charge < -0.3 is 18.9 Å². The highest BCUT2D eigenvalue weighted by atomic mass is 16.5. The zero-order valence-electron chi connectivity index (χ0n) is 20.6. The molecule has 1 fully saturated rings. The summed E-state index contributed by atoms with van der Waals surface area (Å²) in [6, 6.07) is 6.61. The van der Waals surface area contributed by atoms with E-state index < -0.39 is 0 Å². The van der Waals surface area contributed by atoms with Crippen LogP contribution in [0.3, 0.4) is 0 Å². The third-order valence-corrected chi connectivity index (χ3v) is 6.67. The molecule has 0 radical (unpaired) electrons. The van der Waals surface area contributed by atoms with Crippen LogP contribution in [0.1, 0.15) is 48.3 Å². The van der Waals surface area contributed by atoms with Gasteiger partial charge in [0, 0.05) is 49.7 Å². The van der Waals surface area contributed by atoms with Gasteiger partial charge in [-0.25, -0.2) is 4.79 Å². The molecule has 0 N–H and O–H groups in total. The van der Waals surface area contributed by atoms with Gasteiger partial charge >= 0.3 is 5.97 Å². The molecule has 3 aromatic heterocycles. The predicted octanol–water partition coefficient (Wildman–Crippen LogP) is 4.21. The minimum absolute atomic E-state index is 0.179. The Balaban J connectivity index is 1.81. The zero-order chi connectivity index (χ0) is 23.9. The van der Waals surface area contributed by atoms with Crippen molar-refractivity contribution in [3.8, 4) is 11.3 Å². The standard InChI is InChI=1S/C26H35N5O2/c1-17(2)33-26(32)23-15-22-14-20(24-8-11-27-29(24)7)16-31(22)25(18(23)3)19(4)30-12-9-21(10-13-30)28(5)6/h8,11,14-17,21H,4,9-10,12-13H2,1-3,5-7H3. The summed E-state index contributed by atoms with van der Waals surface area (Å²) < 4.78 is 9.59. The van der Waals surface area contributed by atoms with Gasteiger partial charge in [-0.1, -0.05) is 6.58 Å². The van der Waals surface area contributed by atoms with Crippen LogP contribution in [0.2, 0.25) is 0 Å². The van der Waals surface area contributed by atoms with Crippen molar-refractivity contribution in [1.82, 2.24) is 24.0 Å². The number of carbonyl (C=O) groups excluding carboxylic acids is 1. The Morgan fingerprint density at radius 2 is 1.94 bits per heavy atom. The number of nitrogens with zero attached hydrogens (tertiary/aromatic N) is 5. The monoisotopic (exact) mass is 449 g/mol. The second kappa shape index (κ2) is 9.06. The molecule has 0 atom stereocenters. The Hall–Kier alpha value is -3.06. The maximum atomic E-state index is 13.0. The number of piperidine rings is 1. The largest absolute Gasteiger partial charge is 0.459 e. The lowest BCUT2D eigenvalue weighted by atomic mass is 10.0. The number of aryl methyl sites for hydroxylation is 1. The minimum Gasteiger partial charge on any atom is -0.459 e. The van der Waals surface area contributed by atoms with Crippen LogP contribution in [0, 0.1) is 6.92 Å². The molecule has 7 heteroatoms. The van der Waals surface area contributed by atoms with Crippen molar-refractivity contribution in [2.45, 2.75) is 45.8 Å². The van der Waals surface area contributed by atoms with Crippen molar-refractivity contribution in [3.63, 3.8) is 0 Å². The first-order chi connectivity index (χ1) is 15.7. The first-order valence-corrected chi connectivity index (χ1v) is 11.6. The summed E-state index contributed by atoms with van der Waals surface area (Å²) in [7, 11) is 6.22. The molecule has 0 amide bonds. The maximum Gasteiger partial charge on any atom is 0.338 e. The van der Waals surface area contributed by atoms with Crippen molar-refractivity contribution in [1.29, 1.82) is 0 Å². The topological polar surface area (TPSA) is 55.0 Å². The van der Waals surface area contributed by atoms with Crippen molar-refractivity contribution in [2.24, 2.45) is 7.05 Å². The van der Waals surface area contributed by atoms with Crippen LogP contribution >= 0.6 is 0 Å². The van der Waals surface area contributed by atoms with Crippen LogP contribution in [0.4, 0.5) is 0 Å². The Bertz CT molecular complexity index is 1180. The summed E-state index contributed by atoms with van der Waals surface area (Å²) in [5.41, 5.74) is 6.38. The van der Waals surface area contributed by atoms with Crippen LogP contribution < -0.4 is 0 Å². The molecule has 33 heavy (non-hydrogen) atoms. The third kappa shape index (κ3) is 4.42. The normalized spacial score (nSPS) is 15.1. The molecule has 7 nitrogen and oxygen atoms in total. The summed E-state index contributed by atoms with van der Waals surface area (Å²) in [5, 5.41) is 4.31. The van der Waals surface area contributed by atoms with Gasteiger partial charge in [-0.15, -0.1) is 0 Å². The van der Waals surface area contributed by atoms with Gasteiger partial charge in [0.05, 0.1) is 28.8 Å². The molecule has 3 aromatic rings. The number of pyridine rings is 1. The van der Waals surface area contributed by atoms with E-state index >= 15 is 0 Å². The maximum absolute atomic E-state index is 13.0. The zero-order valence-corrected chi connectivity index (χ0v) is 20.6. The molecule has 0 saturated carbocycles. The molecule has 1 aliphatic heterocycles. The Kier molecular flexibility index (Phi) is 6.34. The minimum atomic E-state index is -0.298. The van der Waals surface area contributed by atoms with Gasteiger partial charge in [-0.2, -0.15) is 5.10 Å². The number of esters is 1. The fourth-order valence-corrected chi connectivity index (χ4v) is 4.79. The molecule has 0 spiro atoms. The fourth-order valence-electron chi connectivity index (χ4n) is 4.79. The molecule has 4 heterocycles. The van der Waals surface area contributed by atoms with E-state index in [-0.39, 0.29) is 12.1 Å². The lowest BCUT2D eigenvalue weighted by Gasteiger charge is -2.38. The van der Waals surface area contributed by atoms with Crippen molar-refractivity contribution < 1.29 is 9.53 Å². The highest BCUT2D eigenvalue weighted by molar-refractivity contribution is 5.94. The molecule has 1 saturated heterocycles. The number of ether oxygens (including phenoxy) is 1. The number of hydrogen-bond acceptors (Lipinski definition) is 5. The number of hydrogen-bond donors (Lipinski definition) is 0. The lowest BCUT2D eigenvalue weighted by Crippen LogP contribution is -2.41. The van der Waals surface area contributed by atoms with Crippen molar-refractivity contribution >= 4 is 17.2 Å². The Morgan fingerprint density at radius 1 is 1.24 bits per heavy atom. The first kappa shape index (κ1) is 23.1. The van der Waals surface area contributed by atoms with Crippen LogP contribution in [0.5, 0.6) is 0 Å². The molecular weight excluding hydrogens is 414 g/mol. The number of rotatable bonds is 6. The molecule has 1 aliphatic rings. The number of fused-ring (bicyclic) bond motifs is 1. The van der Waals surface area contributed by atoms with Crippen molar-refractivity contribution in [2.75, 3.05) is 27.2 Å². The summed E-state index contributed by atoms with van der Waals surface area (Å²) in [6.07, 6.45) is 5.92. The SMILES string of the molecule is C=C(c1c(C)c(C(=O)OC(C)C)cc2cc(-c3ccnn3C)cn12)N1CCC(N(C)C)CC1. The Labute approximate surface area is 196 Å². The smallest absolute Gasteiger partial charge is 0.338 e. The highest BCUT2D eigenvalue weighted by Gasteiger charge is 2.26. The van der Waals surface area contributed by atoms with E-state index in [1.807, 2.05) is 44.6 Å². The molecule has 176 valence electrons. The molecule has 0 unspecified atom stereocenters. The number of aromatic nitrogens is 3. The Morgan fingerprint density at radius 3 is 2.52 bits per heavy atom. The summed E-state index contributed by atoms with van der Waals surface area (Å²) in [4.78, 5) is 17.6. The average Bonchev–Trinajstić information content (AvgIpc) is 3.37. The van der Waals surface area contributed by atoms with Gasteiger partial charge in [-0.05, 0) is 71.5 Å². The van der Waals surface area contributed by atoms with Crippen LogP contribution in [0.15, 0.2) is 37.2 Å². The molecule has 4 rings (SSSR count). The second-order valence-electron chi connectivity index (χ2n) is 9.48. The summed E-state index contributed by atoms with van der Waals surface area (Å²) in [6.45, 7) is 12.1. The molecule has 0 aliphatic carbocycles. The van der Waals surface area contributed by atoms with E-state index in [2.05, 4.69) is 52.2 Å². The number of likely N-dealkylation sites (tertiary alicyclic amines) is 1. The quantitative estimate of drug-likeness (QED) is 0.528. The van der Waals surface area contributed by atoms with E-state index in [9.17, 15) is 4.79 Å². The van der Waals surface area contributed by atoms with E-state index in [0.29, 0.717) is 11.6 Å². The van der Waals surface area contributed by atoms with E-state index in [0.717, 1.165) is 59.7 Å². The van der Waals surface area contributed by atoms with Gasteiger partial charge in [0.2, 0.25) is 0 Å². The van der Waals surface area contributed by atoms with Crippen LogP contribution in [0.25, 0.3) is 22.5 Å². The van der Waals surface area contributed by atoms with E-state index in [4.69, 9.17) is 4.74 Å². The van der Waals surface area contributed by atoms with Crippen LogP contribution in [-0.2, 0) is 11.8 Å². The fraction of sp³-hybridized carbons (Fsp3) is 0.462. The van der Waals surface area contributed by atoms with Gasteiger partial charge in [-0.3, -0.25) is 4.68 Å². The summed E-state index contributed by atoms with van der Waals surface area (Å²) in [5.74, 6) is -0.298. The molecule has 0 bridgehead atoms. The van der Waals surface area contributed by atoms with Gasteiger partial charge in [0.15, 0.2) is 0 Å². The number of carbonyl (C=O) groups is 1. The average molecular weight is 450 g/mol. The predicted molar refractivity (Wildman–Crippen MR) is 132 cm³/mol. The highest BCUT2D eigenvalue weighted by Crippen LogP contribution is 2.32. The molecule has 0 aromatic carbocycles. The van der Waals surface area contributed by atoms with Crippen LogP contribution in [-0.4, -0.2) is 69.3 Å². The second-order valence-corrected chi connectivity index (χ2v) is 9.48. The van der Waals surface area contributed by atoms with E-state index in [1.165, 1.54) is 0 Å². The van der Waals surface area contributed by atoms with Gasteiger partial charge in [0.25, 0.3) is 0 Å². The lowest BCUT2D eigenvalue weighted by molar-refractivity contribution is 0.0377. The van der Waals surface area contributed by atoms with Crippen molar-refractivity contribution in [3.05, 3.63) is 54.0 Å². The van der Waals surface area contributed by atoms with Gasteiger partial charge in [0.1, 0.15) is 0 Å².